The number of halogens is 2. The van der Waals surface area contributed by atoms with Crippen molar-refractivity contribution in [3.63, 3.8) is 0 Å². The fourth-order valence-corrected chi connectivity index (χ4v) is 2.81. The molecule has 1 aliphatic rings. The molecule has 136 valence electrons. The minimum Gasteiger partial charge on any atom is -0.459 e. The molecular formula is C19H16ClFO5. The van der Waals surface area contributed by atoms with E-state index in [4.69, 9.17) is 25.8 Å². The molecule has 5 nitrogen and oxygen atoms in total. The van der Waals surface area contributed by atoms with Gasteiger partial charge < -0.3 is 14.2 Å². The van der Waals surface area contributed by atoms with Gasteiger partial charge in [0.25, 0.3) is 0 Å². The summed E-state index contributed by atoms with van der Waals surface area (Å²) in [4.78, 5) is 24.2. The first-order valence-electron chi connectivity index (χ1n) is 7.98. The van der Waals surface area contributed by atoms with Crippen LogP contribution in [0.4, 0.5) is 4.39 Å². The molecular weight excluding hydrogens is 363 g/mol. The Bertz CT molecular complexity index is 755. The molecule has 0 bridgehead atoms. The number of carbonyl (C=O) groups excluding carboxylic acids is 2. The first kappa shape index (κ1) is 18.4. The molecule has 0 aromatic heterocycles. The molecule has 0 amide bonds. The van der Waals surface area contributed by atoms with Gasteiger partial charge in [-0.1, -0.05) is 48.0 Å². The van der Waals surface area contributed by atoms with E-state index in [9.17, 15) is 14.0 Å². The highest BCUT2D eigenvalue weighted by atomic mass is 35.5. The highest BCUT2D eigenvalue weighted by molar-refractivity contribution is 6.20. The summed E-state index contributed by atoms with van der Waals surface area (Å²) >= 11 is 5.78. The summed E-state index contributed by atoms with van der Waals surface area (Å²) in [5.74, 6) is -1.29. The Labute approximate surface area is 154 Å². The van der Waals surface area contributed by atoms with Crippen molar-refractivity contribution in [1.29, 1.82) is 0 Å². The third-order valence-electron chi connectivity index (χ3n) is 3.88. The van der Waals surface area contributed by atoms with Crippen molar-refractivity contribution >= 4 is 23.5 Å². The number of esters is 2. The van der Waals surface area contributed by atoms with E-state index in [1.54, 1.807) is 60.7 Å². The third kappa shape index (κ3) is 4.20. The lowest BCUT2D eigenvalue weighted by atomic mass is 10.1. The summed E-state index contributed by atoms with van der Waals surface area (Å²) in [5, 5.41) is 0. The van der Waals surface area contributed by atoms with Gasteiger partial charge in [-0.3, -0.25) is 0 Å². The van der Waals surface area contributed by atoms with Crippen LogP contribution in [0.15, 0.2) is 60.7 Å². The van der Waals surface area contributed by atoms with Gasteiger partial charge in [0, 0.05) is 0 Å². The maximum atomic E-state index is 14.3. The first-order valence-corrected chi connectivity index (χ1v) is 8.41. The van der Waals surface area contributed by atoms with Crippen molar-refractivity contribution in [3.05, 3.63) is 71.8 Å². The van der Waals surface area contributed by atoms with Gasteiger partial charge in [0.15, 0.2) is 17.8 Å². The smallest absolute Gasteiger partial charge is 0.338 e. The second-order valence-electron chi connectivity index (χ2n) is 5.67. The average molecular weight is 379 g/mol. The molecule has 1 saturated heterocycles. The zero-order chi connectivity index (χ0) is 18.5. The summed E-state index contributed by atoms with van der Waals surface area (Å²) in [5.41, 5.74) is -0.663. The third-order valence-corrected chi connectivity index (χ3v) is 4.22. The van der Waals surface area contributed by atoms with Crippen molar-refractivity contribution in [3.8, 4) is 0 Å². The molecule has 0 aliphatic carbocycles. The van der Waals surface area contributed by atoms with Crippen molar-refractivity contribution in [2.75, 3.05) is 6.61 Å². The van der Waals surface area contributed by atoms with Gasteiger partial charge in [-0.05, 0) is 24.3 Å². The van der Waals surface area contributed by atoms with Gasteiger partial charge in [-0.2, -0.15) is 0 Å². The number of hydrogen-bond donors (Lipinski definition) is 0. The van der Waals surface area contributed by atoms with Crippen molar-refractivity contribution in [2.45, 2.75) is 23.9 Å². The fourth-order valence-electron chi connectivity index (χ4n) is 2.53. The Morgan fingerprint density at radius 2 is 1.50 bits per heavy atom. The molecule has 0 radical (unpaired) electrons. The number of hydrogen-bond acceptors (Lipinski definition) is 5. The standard InChI is InChI=1S/C19H16ClFO5/c20-17-15(21)16(26-19(23)13-9-5-2-6-10-13)14(25-17)11-24-18(22)12-7-3-1-4-8-12/h1-10,14-17H,11H2/t14-,15?,16+,17+/m1/s1. The van der Waals surface area contributed by atoms with E-state index < -0.39 is 35.9 Å². The maximum absolute atomic E-state index is 14.3. The van der Waals surface area contributed by atoms with Gasteiger partial charge in [-0.25, -0.2) is 14.0 Å². The van der Waals surface area contributed by atoms with E-state index in [2.05, 4.69) is 0 Å². The van der Waals surface area contributed by atoms with E-state index in [-0.39, 0.29) is 12.2 Å². The fraction of sp³-hybridized carbons (Fsp3) is 0.263. The summed E-state index contributed by atoms with van der Waals surface area (Å²) in [7, 11) is 0. The number of alkyl halides is 2. The van der Waals surface area contributed by atoms with Crippen LogP contribution in [-0.4, -0.2) is 42.5 Å². The molecule has 26 heavy (non-hydrogen) atoms. The van der Waals surface area contributed by atoms with E-state index in [0.29, 0.717) is 5.56 Å². The van der Waals surface area contributed by atoms with E-state index in [1.807, 2.05) is 0 Å². The van der Waals surface area contributed by atoms with Crippen LogP contribution >= 0.6 is 11.6 Å². The van der Waals surface area contributed by atoms with Crippen molar-refractivity contribution in [2.24, 2.45) is 0 Å². The second-order valence-corrected chi connectivity index (χ2v) is 6.10. The molecule has 1 fully saturated rings. The molecule has 0 N–H and O–H groups in total. The minimum atomic E-state index is -1.73. The van der Waals surface area contributed by atoms with Crippen LogP contribution in [0.25, 0.3) is 0 Å². The molecule has 3 rings (SSSR count). The van der Waals surface area contributed by atoms with E-state index in [1.165, 1.54) is 0 Å². The molecule has 1 unspecified atom stereocenters. The number of benzene rings is 2. The normalized spacial score (nSPS) is 24.8. The van der Waals surface area contributed by atoms with Crippen LogP contribution in [0.2, 0.25) is 0 Å². The Hall–Kier alpha value is -2.44. The number of rotatable bonds is 5. The second kappa shape index (κ2) is 8.29. The predicted octanol–water partition coefficient (Wildman–Crippen LogP) is 3.37. The molecule has 1 heterocycles. The molecule has 2 aromatic rings. The Balaban J connectivity index is 1.63. The van der Waals surface area contributed by atoms with E-state index in [0.717, 1.165) is 0 Å². The lowest BCUT2D eigenvalue weighted by Gasteiger charge is -2.19. The van der Waals surface area contributed by atoms with Crippen LogP contribution in [0.5, 0.6) is 0 Å². The summed E-state index contributed by atoms with van der Waals surface area (Å²) in [6.07, 6.45) is -3.99. The molecule has 4 atom stereocenters. The van der Waals surface area contributed by atoms with Crippen LogP contribution in [0.1, 0.15) is 20.7 Å². The van der Waals surface area contributed by atoms with Gasteiger partial charge in [0.1, 0.15) is 12.7 Å². The van der Waals surface area contributed by atoms with Gasteiger partial charge in [0.05, 0.1) is 11.1 Å². The SMILES string of the molecule is O=C(OC[C@H]1O[C@H](Cl)C(F)[C@H]1OC(=O)c1ccccc1)c1ccccc1. The largest absolute Gasteiger partial charge is 0.459 e. The van der Waals surface area contributed by atoms with Crippen LogP contribution < -0.4 is 0 Å². The number of carbonyl (C=O) groups is 2. The Morgan fingerprint density at radius 3 is 2.08 bits per heavy atom. The summed E-state index contributed by atoms with van der Waals surface area (Å²) in [6.45, 7) is -0.288. The molecule has 7 heteroatoms. The van der Waals surface area contributed by atoms with Crippen LogP contribution in [-0.2, 0) is 14.2 Å². The van der Waals surface area contributed by atoms with Gasteiger partial charge in [0.2, 0.25) is 0 Å². The van der Waals surface area contributed by atoms with Crippen molar-refractivity contribution in [1.82, 2.24) is 0 Å². The summed E-state index contributed by atoms with van der Waals surface area (Å²) in [6, 6.07) is 16.5. The maximum Gasteiger partial charge on any atom is 0.338 e. The number of ether oxygens (including phenoxy) is 3. The zero-order valence-corrected chi connectivity index (χ0v) is 14.3. The van der Waals surface area contributed by atoms with Crippen LogP contribution in [0.3, 0.4) is 0 Å². The lowest BCUT2D eigenvalue weighted by Crippen LogP contribution is -2.37. The molecule has 1 aliphatic heterocycles. The predicted molar refractivity (Wildman–Crippen MR) is 91.8 cm³/mol. The van der Waals surface area contributed by atoms with E-state index >= 15 is 0 Å². The Kier molecular flexibility index (Phi) is 5.85. The highest BCUT2D eigenvalue weighted by Crippen LogP contribution is 2.30. The topological polar surface area (TPSA) is 61.8 Å². The average Bonchev–Trinajstić information content (AvgIpc) is 2.95. The molecule has 0 spiro atoms. The summed E-state index contributed by atoms with van der Waals surface area (Å²) < 4.78 is 29.9. The zero-order valence-electron chi connectivity index (χ0n) is 13.6. The minimum absolute atomic E-state index is 0.276. The molecule has 2 aromatic carbocycles. The van der Waals surface area contributed by atoms with Gasteiger partial charge >= 0.3 is 11.9 Å². The Morgan fingerprint density at radius 1 is 0.962 bits per heavy atom. The lowest BCUT2D eigenvalue weighted by molar-refractivity contribution is -0.0351. The molecule has 0 saturated carbocycles. The van der Waals surface area contributed by atoms with Crippen molar-refractivity contribution < 1.29 is 28.2 Å². The van der Waals surface area contributed by atoms with Crippen LogP contribution in [0, 0.1) is 0 Å². The monoisotopic (exact) mass is 378 g/mol. The first-order chi connectivity index (χ1) is 12.6. The highest BCUT2D eigenvalue weighted by Gasteiger charge is 2.47. The quantitative estimate of drug-likeness (QED) is 0.589. The van der Waals surface area contributed by atoms with Gasteiger partial charge in [-0.15, -0.1) is 0 Å².